The van der Waals surface area contributed by atoms with E-state index in [1.54, 1.807) is 6.21 Å². The van der Waals surface area contributed by atoms with Crippen LogP contribution in [0.3, 0.4) is 0 Å². The van der Waals surface area contributed by atoms with Gasteiger partial charge in [-0.15, -0.1) is 0 Å². The molecule has 36 heavy (non-hydrogen) atoms. The van der Waals surface area contributed by atoms with E-state index in [9.17, 15) is 4.79 Å². The van der Waals surface area contributed by atoms with Crippen molar-refractivity contribution in [2.24, 2.45) is 5.10 Å². The highest BCUT2D eigenvalue weighted by Crippen LogP contribution is 2.21. The number of amides is 1. The zero-order valence-corrected chi connectivity index (χ0v) is 20.1. The number of benzene rings is 4. The lowest BCUT2D eigenvalue weighted by molar-refractivity contribution is 0.0955. The van der Waals surface area contributed by atoms with E-state index >= 15 is 0 Å². The van der Waals surface area contributed by atoms with Crippen LogP contribution in [0.4, 0.5) is 0 Å². The van der Waals surface area contributed by atoms with Gasteiger partial charge in [0.05, 0.1) is 6.21 Å². The van der Waals surface area contributed by atoms with Gasteiger partial charge in [0.15, 0.2) is 0 Å². The third-order valence-corrected chi connectivity index (χ3v) is 6.36. The summed E-state index contributed by atoms with van der Waals surface area (Å²) in [5, 5.41) is 4.16. The fourth-order valence-electron chi connectivity index (χ4n) is 4.39. The SMILES string of the molecule is O=C(N/N=C\c1ccccc1OCc1ccccc1)c1ccc(CN2CCc3ccccc3C2)cc1. The number of nitrogens with zero attached hydrogens (tertiary/aromatic N) is 2. The van der Waals surface area contributed by atoms with Gasteiger partial charge in [-0.2, -0.15) is 5.10 Å². The van der Waals surface area contributed by atoms with Crippen molar-refractivity contribution in [3.8, 4) is 5.75 Å². The van der Waals surface area contributed by atoms with Crippen molar-refractivity contribution < 1.29 is 9.53 Å². The Kier molecular flexibility index (Phi) is 7.49. The van der Waals surface area contributed by atoms with Gasteiger partial charge >= 0.3 is 0 Å². The van der Waals surface area contributed by atoms with Gasteiger partial charge in [-0.05, 0) is 52.9 Å². The zero-order chi connectivity index (χ0) is 24.6. The fraction of sp³-hybridized carbons (Fsp3) is 0.161. The first kappa shape index (κ1) is 23.5. The van der Waals surface area contributed by atoms with Crippen LogP contribution in [0.5, 0.6) is 5.75 Å². The lowest BCUT2D eigenvalue weighted by Crippen LogP contribution is -2.30. The van der Waals surface area contributed by atoms with Crippen molar-refractivity contribution in [1.29, 1.82) is 0 Å². The number of ether oxygens (including phenoxy) is 1. The van der Waals surface area contributed by atoms with Crippen LogP contribution in [0.15, 0.2) is 108 Å². The highest BCUT2D eigenvalue weighted by atomic mass is 16.5. The third-order valence-electron chi connectivity index (χ3n) is 6.36. The maximum atomic E-state index is 12.6. The summed E-state index contributed by atoms with van der Waals surface area (Å²) >= 11 is 0. The first-order chi connectivity index (χ1) is 17.7. The Morgan fingerprint density at radius 2 is 1.56 bits per heavy atom. The van der Waals surface area contributed by atoms with Gasteiger partial charge in [0.25, 0.3) is 5.91 Å². The second-order valence-corrected chi connectivity index (χ2v) is 8.94. The van der Waals surface area contributed by atoms with Crippen molar-refractivity contribution >= 4 is 12.1 Å². The molecule has 0 unspecified atom stereocenters. The number of fused-ring (bicyclic) bond motifs is 1. The molecular formula is C31H29N3O2. The van der Waals surface area contributed by atoms with Crippen LogP contribution in [0.25, 0.3) is 0 Å². The van der Waals surface area contributed by atoms with Crippen LogP contribution in [-0.4, -0.2) is 23.6 Å². The topological polar surface area (TPSA) is 53.9 Å². The molecule has 0 radical (unpaired) electrons. The Morgan fingerprint density at radius 3 is 2.39 bits per heavy atom. The van der Waals surface area contributed by atoms with Crippen LogP contribution in [0, 0.1) is 0 Å². The quantitative estimate of drug-likeness (QED) is 0.267. The average molecular weight is 476 g/mol. The van der Waals surface area contributed by atoms with Gasteiger partial charge in [-0.3, -0.25) is 9.69 Å². The standard InChI is InChI=1S/C31H29N3O2/c35-31(33-32-20-28-11-6-7-13-30(28)36-23-25-8-2-1-3-9-25)27-16-14-24(15-17-27)21-34-19-18-26-10-4-5-12-29(26)22-34/h1-17,20H,18-19,21-23H2,(H,33,35)/b32-20-. The largest absolute Gasteiger partial charge is 0.488 e. The molecule has 1 amide bonds. The molecule has 0 saturated carbocycles. The summed E-state index contributed by atoms with van der Waals surface area (Å²) in [6.07, 6.45) is 2.69. The van der Waals surface area contributed by atoms with Crippen LogP contribution in [0.1, 0.15) is 38.2 Å². The van der Waals surface area contributed by atoms with Gasteiger partial charge in [0, 0.05) is 30.8 Å². The Bertz CT molecular complexity index is 1330. The normalized spacial score (nSPS) is 13.3. The molecule has 0 aliphatic carbocycles. The number of hydrogen-bond acceptors (Lipinski definition) is 4. The molecular weight excluding hydrogens is 446 g/mol. The van der Waals surface area contributed by atoms with Gasteiger partial charge in [-0.1, -0.05) is 78.9 Å². The lowest BCUT2D eigenvalue weighted by Gasteiger charge is -2.28. The molecule has 0 spiro atoms. The lowest BCUT2D eigenvalue weighted by atomic mass is 9.99. The summed E-state index contributed by atoms with van der Waals surface area (Å²) < 4.78 is 5.95. The smallest absolute Gasteiger partial charge is 0.271 e. The molecule has 5 heteroatoms. The summed E-state index contributed by atoms with van der Waals surface area (Å²) in [5.74, 6) is 0.469. The summed E-state index contributed by atoms with van der Waals surface area (Å²) in [5.41, 5.74) is 9.14. The minimum atomic E-state index is -0.243. The van der Waals surface area contributed by atoms with E-state index in [2.05, 4.69) is 39.7 Å². The van der Waals surface area contributed by atoms with Gasteiger partial charge in [-0.25, -0.2) is 5.43 Å². The van der Waals surface area contributed by atoms with E-state index in [4.69, 9.17) is 4.74 Å². The van der Waals surface area contributed by atoms with Crippen molar-refractivity contribution in [3.63, 3.8) is 0 Å². The zero-order valence-electron chi connectivity index (χ0n) is 20.1. The number of carbonyl (C=O) groups excluding carboxylic acids is 1. The van der Waals surface area contributed by atoms with E-state index in [-0.39, 0.29) is 5.91 Å². The van der Waals surface area contributed by atoms with E-state index in [1.807, 2.05) is 78.9 Å². The maximum Gasteiger partial charge on any atom is 0.271 e. The Morgan fingerprint density at radius 1 is 0.833 bits per heavy atom. The van der Waals surface area contributed by atoms with Gasteiger partial charge < -0.3 is 4.74 Å². The van der Waals surface area contributed by atoms with E-state index in [0.717, 1.165) is 37.2 Å². The number of carbonyl (C=O) groups is 1. The summed E-state index contributed by atoms with van der Waals surface area (Å²) in [6.45, 7) is 3.34. The van der Waals surface area contributed by atoms with Crippen LogP contribution >= 0.6 is 0 Å². The molecule has 1 heterocycles. The highest BCUT2D eigenvalue weighted by Gasteiger charge is 2.16. The molecule has 0 aromatic heterocycles. The van der Waals surface area contributed by atoms with Crippen molar-refractivity contribution in [2.45, 2.75) is 26.1 Å². The molecule has 0 saturated heterocycles. The number of rotatable bonds is 8. The summed E-state index contributed by atoms with van der Waals surface area (Å²) in [7, 11) is 0. The highest BCUT2D eigenvalue weighted by molar-refractivity contribution is 5.95. The van der Waals surface area contributed by atoms with Crippen LogP contribution in [-0.2, 0) is 26.1 Å². The van der Waals surface area contributed by atoms with Crippen molar-refractivity contribution in [2.75, 3.05) is 6.54 Å². The van der Waals surface area contributed by atoms with E-state index in [0.29, 0.717) is 17.9 Å². The number of para-hydroxylation sites is 1. The number of hydrogen-bond donors (Lipinski definition) is 1. The molecule has 1 aliphatic rings. The Balaban J connectivity index is 1.14. The fourth-order valence-corrected chi connectivity index (χ4v) is 4.39. The minimum absolute atomic E-state index is 0.243. The molecule has 180 valence electrons. The molecule has 1 aliphatic heterocycles. The Hall–Kier alpha value is -4.22. The number of nitrogens with one attached hydrogen (secondary N) is 1. The molecule has 4 aromatic rings. The van der Waals surface area contributed by atoms with Gasteiger partial charge in [0.1, 0.15) is 12.4 Å². The average Bonchev–Trinajstić information content (AvgIpc) is 2.93. The van der Waals surface area contributed by atoms with Gasteiger partial charge in [0.2, 0.25) is 0 Å². The third kappa shape index (κ3) is 6.06. The van der Waals surface area contributed by atoms with Crippen molar-refractivity contribution in [3.05, 3.63) is 137 Å². The summed E-state index contributed by atoms with van der Waals surface area (Å²) in [4.78, 5) is 15.0. The first-order valence-corrected chi connectivity index (χ1v) is 12.2. The molecule has 5 nitrogen and oxygen atoms in total. The maximum absolute atomic E-state index is 12.6. The molecule has 4 aromatic carbocycles. The Labute approximate surface area is 212 Å². The van der Waals surface area contributed by atoms with E-state index < -0.39 is 0 Å². The molecule has 1 N–H and O–H groups in total. The van der Waals surface area contributed by atoms with E-state index in [1.165, 1.54) is 16.7 Å². The molecule has 5 rings (SSSR count). The predicted molar refractivity (Wildman–Crippen MR) is 143 cm³/mol. The summed E-state index contributed by atoms with van der Waals surface area (Å²) in [6, 6.07) is 34.0. The second-order valence-electron chi connectivity index (χ2n) is 8.94. The molecule has 0 atom stereocenters. The molecule has 0 bridgehead atoms. The van der Waals surface area contributed by atoms with Crippen LogP contribution in [0.2, 0.25) is 0 Å². The first-order valence-electron chi connectivity index (χ1n) is 12.2. The van der Waals surface area contributed by atoms with Crippen molar-refractivity contribution in [1.82, 2.24) is 10.3 Å². The second kappa shape index (κ2) is 11.5. The number of hydrazone groups is 1. The van der Waals surface area contributed by atoms with Crippen LogP contribution < -0.4 is 10.2 Å². The minimum Gasteiger partial charge on any atom is -0.488 e. The monoisotopic (exact) mass is 475 g/mol. The predicted octanol–water partition coefficient (Wildman–Crippen LogP) is 5.59. The molecule has 0 fully saturated rings.